The molecule has 0 saturated carbocycles. The highest BCUT2D eigenvalue weighted by Gasteiger charge is 2.19. The fourth-order valence-electron chi connectivity index (χ4n) is 1.99. The Morgan fingerprint density at radius 3 is 2.68 bits per heavy atom. The SMILES string of the molecule is CC(C)(CS)Cn1ncc(N2CCOCC2)cc1=O. The number of hydrogen-bond donors (Lipinski definition) is 1. The molecule has 1 fully saturated rings. The van der Waals surface area contributed by atoms with Crippen molar-refractivity contribution in [3.8, 4) is 0 Å². The summed E-state index contributed by atoms with van der Waals surface area (Å²) in [5.41, 5.74) is 0.785. The monoisotopic (exact) mass is 283 g/mol. The quantitative estimate of drug-likeness (QED) is 0.839. The Labute approximate surface area is 119 Å². The molecular formula is C13H21N3O2S. The van der Waals surface area contributed by atoms with Gasteiger partial charge in [-0.05, 0) is 11.2 Å². The maximum Gasteiger partial charge on any atom is 0.268 e. The van der Waals surface area contributed by atoms with Gasteiger partial charge < -0.3 is 9.64 Å². The topological polar surface area (TPSA) is 47.4 Å². The summed E-state index contributed by atoms with van der Waals surface area (Å²) in [5.74, 6) is 0.715. The van der Waals surface area contributed by atoms with Crippen LogP contribution in [0.2, 0.25) is 0 Å². The fraction of sp³-hybridized carbons (Fsp3) is 0.692. The van der Waals surface area contributed by atoms with Crippen molar-refractivity contribution >= 4 is 18.3 Å². The van der Waals surface area contributed by atoms with Crippen molar-refractivity contribution in [3.05, 3.63) is 22.6 Å². The van der Waals surface area contributed by atoms with E-state index in [0.717, 1.165) is 18.8 Å². The molecule has 0 aromatic carbocycles. The van der Waals surface area contributed by atoms with Gasteiger partial charge in [0.05, 0.1) is 31.6 Å². The second-order valence-corrected chi connectivity index (χ2v) is 5.95. The average molecular weight is 283 g/mol. The molecule has 0 aliphatic carbocycles. The van der Waals surface area contributed by atoms with Crippen LogP contribution in [0, 0.1) is 5.41 Å². The van der Waals surface area contributed by atoms with Crippen LogP contribution in [0.3, 0.4) is 0 Å². The van der Waals surface area contributed by atoms with Crippen molar-refractivity contribution in [1.82, 2.24) is 9.78 Å². The molecule has 1 aliphatic rings. The Morgan fingerprint density at radius 1 is 1.42 bits per heavy atom. The van der Waals surface area contributed by atoms with Crippen LogP contribution >= 0.6 is 12.6 Å². The number of nitrogens with zero attached hydrogens (tertiary/aromatic N) is 3. The predicted octanol–water partition coefficient (Wildman–Crippen LogP) is 1.04. The van der Waals surface area contributed by atoms with Gasteiger partial charge >= 0.3 is 0 Å². The Hall–Kier alpha value is -1.01. The minimum Gasteiger partial charge on any atom is -0.378 e. The second kappa shape index (κ2) is 5.96. The van der Waals surface area contributed by atoms with Crippen molar-refractivity contribution in [2.24, 2.45) is 5.41 Å². The highest BCUT2D eigenvalue weighted by molar-refractivity contribution is 7.80. The molecule has 19 heavy (non-hydrogen) atoms. The van der Waals surface area contributed by atoms with E-state index in [1.807, 2.05) is 0 Å². The molecule has 2 rings (SSSR count). The minimum atomic E-state index is -0.0566. The van der Waals surface area contributed by atoms with Gasteiger partial charge in [-0.3, -0.25) is 4.79 Å². The van der Waals surface area contributed by atoms with Crippen LogP contribution in [0.1, 0.15) is 13.8 Å². The second-order valence-electron chi connectivity index (χ2n) is 5.63. The zero-order chi connectivity index (χ0) is 13.9. The number of hydrogen-bond acceptors (Lipinski definition) is 5. The van der Waals surface area contributed by atoms with Crippen LogP contribution in [-0.4, -0.2) is 41.8 Å². The molecule has 1 aromatic heterocycles. The van der Waals surface area contributed by atoms with Crippen LogP contribution in [0.25, 0.3) is 0 Å². The minimum absolute atomic E-state index is 0.0413. The van der Waals surface area contributed by atoms with E-state index in [9.17, 15) is 4.79 Å². The summed E-state index contributed by atoms with van der Waals surface area (Å²) in [4.78, 5) is 14.2. The lowest BCUT2D eigenvalue weighted by molar-refractivity contribution is 0.122. The molecule has 1 saturated heterocycles. The number of ether oxygens (including phenoxy) is 1. The van der Waals surface area contributed by atoms with E-state index in [0.29, 0.717) is 25.5 Å². The molecular weight excluding hydrogens is 262 g/mol. The number of thiol groups is 1. The van der Waals surface area contributed by atoms with Gasteiger partial charge in [0, 0.05) is 19.2 Å². The van der Waals surface area contributed by atoms with E-state index >= 15 is 0 Å². The van der Waals surface area contributed by atoms with Crippen molar-refractivity contribution in [2.75, 3.05) is 37.0 Å². The summed E-state index contributed by atoms with van der Waals surface area (Å²) >= 11 is 4.30. The van der Waals surface area contributed by atoms with Gasteiger partial charge in [0.1, 0.15) is 0 Å². The van der Waals surface area contributed by atoms with E-state index in [-0.39, 0.29) is 11.0 Å². The fourth-order valence-corrected chi connectivity index (χ4v) is 2.09. The van der Waals surface area contributed by atoms with E-state index in [1.165, 1.54) is 4.68 Å². The molecule has 0 amide bonds. The highest BCUT2D eigenvalue weighted by Crippen LogP contribution is 2.18. The number of rotatable bonds is 4. The molecule has 5 nitrogen and oxygen atoms in total. The lowest BCUT2D eigenvalue weighted by atomic mass is 9.97. The lowest BCUT2D eigenvalue weighted by Crippen LogP contribution is -2.38. The lowest BCUT2D eigenvalue weighted by Gasteiger charge is -2.28. The van der Waals surface area contributed by atoms with Crippen molar-refractivity contribution in [1.29, 1.82) is 0 Å². The van der Waals surface area contributed by atoms with E-state index in [2.05, 4.69) is 36.5 Å². The van der Waals surface area contributed by atoms with Gasteiger partial charge in [-0.15, -0.1) is 0 Å². The molecule has 2 heterocycles. The van der Waals surface area contributed by atoms with Crippen LogP contribution in [0.5, 0.6) is 0 Å². The van der Waals surface area contributed by atoms with Crippen LogP contribution in [0.4, 0.5) is 5.69 Å². The Balaban J connectivity index is 2.15. The summed E-state index contributed by atoms with van der Waals surface area (Å²) in [6, 6.07) is 1.66. The third-order valence-corrected chi connectivity index (χ3v) is 4.09. The molecule has 1 aliphatic heterocycles. The van der Waals surface area contributed by atoms with Crippen LogP contribution in [-0.2, 0) is 11.3 Å². The van der Waals surface area contributed by atoms with Crippen LogP contribution < -0.4 is 10.5 Å². The number of morpholine rings is 1. The highest BCUT2D eigenvalue weighted by atomic mass is 32.1. The first kappa shape index (κ1) is 14.4. The largest absolute Gasteiger partial charge is 0.378 e. The van der Waals surface area contributed by atoms with Gasteiger partial charge in [-0.2, -0.15) is 17.7 Å². The molecule has 6 heteroatoms. The smallest absolute Gasteiger partial charge is 0.268 e. The third-order valence-electron chi connectivity index (χ3n) is 3.24. The molecule has 0 spiro atoms. The summed E-state index contributed by atoms with van der Waals surface area (Å²) in [5, 5.41) is 4.27. The normalized spacial score (nSPS) is 16.7. The Morgan fingerprint density at radius 2 is 2.11 bits per heavy atom. The van der Waals surface area contributed by atoms with E-state index < -0.39 is 0 Å². The molecule has 0 N–H and O–H groups in total. The predicted molar refractivity (Wildman–Crippen MR) is 79.2 cm³/mol. The number of aromatic nitrogens is 2. The van der Waals surface area contributed by atoms with Gasteiger partial charge in [-0.1, -0.05) is 13.8 Å². The van der Waals surface area contributed by atoms with E-state index in [1.54, 1.807) is 12.3 Å². The van der Waals surface area contributed by atoms with Crippen molar-refractivity contribution in [3.63, 3.8) is 0 Å². The average Bonchev–Trinajstić information content (AvgIpc) is 2.42. The summed E-state index contributed by atoms with van der Waals surface area (Å²) in [6.45, 7) is 7.76. The third kappa shape index (κ3) is 3.73. The van der Waals surface area contributed by atoms with Gasteiger partial charge in [0.15, 0.2) is 0 Å². The molecule has 1 aromatic rings. The molecule has 0 radical (unpaired) electrons. The zero-order valence-electron chi connectivity index (χ0n) is 11.5. The molecule has 0 bridgehead atoms. The molecule has 106 valence electrons. The molecule has 0 atom stereocenters. The van der Waals surface area contributed by atoms with Crippen molar-refractivity contribution < 1.29 is 4.74 Å². The van der Waals surface area contributed by atoms with Gasteiger partial charge in [0.2, 0.25) is 0 Å². The van der Waals surface area contributed by atoms with Crippen molar-refractivity contribution in [2.45, 2.75) is 20.4 Å². The summed E-state index contributed by atoms with van der Waals surface area (Å²) in [6.07, 6.45) is 1.77. The molecule has 0 unspecified atom stereocenters. The number of anilines is 1. The zero-order valence-corrected chi connectivity index (χ0v) is 12.4. The standard InChI is InChI=1S/C13H21N3O2S/c1-13(2,10-19)9-16-12(17)7-11(8-14-16)15-3-5-18-6-4-15/h7-8,19H,3-6,9-10H2,1-2H3. The maximum atomic E-state index is 12.1. The van der Waals surface area contributed by atoms with E-state index in [4.69, 9.17) is 4.74 Å². The summed E-state index contributed by atoms with van der Waals surface area (Å²) in [7, 11) is 0. The first-order valence-corrected chi connectivity index (χ1v) is 7.16. The Kier molecular flexibility index (Phi) is 4.52. The first-order valence-electron chi connectivity index (χ1n) is 6.52. The van der Waals surface area contributed by atoms with Gasteiger partial charge in [0.25, 0.3) is 5.56 Å². The van der Waals surface area contributed by atoms with Crippen LogP contribution in [0.15, 0.2) is 17.1 Å². The first-order chi connectivity index (χ1) is 9.02. The maximum absolute atomic E-state index is 12.1. The Bertz CT molecular complexity index is 481. The van der Waals surface area contributed by atoms with Gasteiger partial charge in [-0.25, -0.2) is 4.68 Å². The summed E-state index contributed by atoms with van der Waals surface area (Å²) < 4.78 is 6.82.